The Bertz CT molecular complexity index is 436. The molecule has 20 heavy (non-hydrogen) atoms. The number of hydrogen-bond donors (Lipinski definition) is 1. The van der Waals surface area contributed by atoms with E-state index >= 15 is 0 Å². The molecular weight excluding hydrogens is 252 g/mol. The van der Waals surface area contributed by atoms with Crippen molar-refractivity contribution in [1.82, 2.24) is 9.97 Å². The van der Waals surface area contributed by atoms with Crippen molar-refractivity contribution in [1.29, 1.82) is 0 Å². The van der Waals surface area contributed by atoms with Gasteiger partial charge in [0.25, 0.3) is 0 Å². The van der Waals surface area contributed by atoms with E-state index in [0.29, 0.717) is 18.2 Å². The average molecular weight is 278 g/mol. The van der Waals surface area contributed by atoms with Gasteiger partial charge in [0.05, 0.1) is 0 Å². The summed E-state index contributed by atoms with van der Waals surface area (Å²) in [5.74, 6) is 3.69. The lowest BCUT2D eigenvalue weighted by Gasteiger charge is -2.23. The number of rotatable bonds is 4. The molecule has 0 spiro atoms. The maximum atomic E-state index is 5.88. The third-order valence-electron chi connectivity index (χ3n) is 4.09. The highest BCUT2D eigenvalue weighted by Crippen LogP contribution is 2.27. The minimum absolute atomic E-state index is 0.403. The minimum atomic E-state index is 0.403. The van der Waals surface area contributed by atoms with Crippen molar-refractivity contribution in [2.45, 2.75) is 39.7 Å². The summed E-state index contributed by atoms with van der Waals surface area (Å²) in [5.41, 5.74) is 5.88. The zero-order chi connectivity index (χ0) is 14.5. The lowest BCUT2D eigenvalue weighted by atomic mass is 9.89. The van der Waals surface area contributed by atoms with Crippen LogP contribution in [-0.2, 0) is 11.3 Å². The first kappa shape index (κ1) is 15.0. The molecule has 0 aromatic carbocycles. The topological polar surface area (TPSA) is 64.3 Å². The number of aromatic nitrogens is 2. The third-order valence-corrected chi connectivity index (χ3v) is 4.09. The van der Waals surface area contributed by atoms with Gasteiger partial charge in [-0.05, 0) is 31.1 Å². The van der Waals surface area contributed by atoms with Gasteiger partial charge in [-0.3, -0.25) is 0 Å². The second kappa shape index (κ2) is 6.88. The zero-order valence-electron chi connectivity index (χ0n) is 12.8. The molecule has 2 rings (SSSR count). The van der Waals surface area contributed by atoms with Crippen LogP contribution in [0.15, 0.2) is 6.07 Å². The zero-order valence-corrected chi connectivity index (χ0v) is 12.8. The Morgan fingerprint density at radius 3 is 2.85 bits per heavy atom. The molecule has 1 atom stereocenters. The van der Waals surface area contributed by atoms with Crippen LogP contribution in [0.2, 0.25) is 0 Å². The number of ether oxygens (including phenoxy) is 1. The largest absolute Gasteiger partial charge is 0.384 e. The van der Waals surface area contributed by atoms with E-state index in [1.165, 1.54) is 19.3 Å². The van der Waals surface area contributed by atoms with E-state index in [9.17, 15) is 0 Å². The Labute approximate surface area is 121 Å². The predicted octanol–water partition coefficient (Wildman–Crippen LogP) is 2.47. The Balaban J connectivity index is 2.11. The molecule has 1 saturated heterocycles. The summed E-state index contributed by atoms with van der Waals surface area (Å²) >= 11 is 0. The van der Waals surface area contributed by atoms with Crippen LogP contribution >= 0.6 is 0 Å². The van der Waals surface area contributed by atoms with Gasteiger partial charge in [-0.25, -0.2) is 9.97 Å². The van der Waals surface area contributed by atoms with Gasteiger partial charge < -0.3 is 15.4 Å². The van der Waals surface area contributed by atoms with Crippen molar-refractivity contribution in [2.24, 2.45) is 11.8 Å². The molecule has 5 nitrogen and oxygen atoms in total. The molecule has 112 valence electrons. The van der Waals surface area contributed by atoms with Gasteiger partial charge in [-0.1, -0.05) is 13.8 Å². The van der Waals surface area contributed by atoms with Crippen molar-refractivity contribution in [3.8, 4) is 0 Å². The fourth-order valence-electron chi connectivity index (χ4n) is 2.88. The average Bonchev–Trinajstić information content (AvgIpc) is 2.64. The molecule has 1 aromatic rings. The smallest absolute Gasteiger partial charge is 0.158 e. The minimum Gasteiger partial charge on any atom is -0.384 e. The summed E-state index contributed by atoms with van der Waals surface area (Å²) in [4.78, 5) is 11.1. The molecule has 5 heteroatoms. The van der Waals surface area contributed by atoms with E-state index in [1.807, 2.05) is 6.07 Å². The highest BCUT2D eigenvalue weighted by atomic mass is 16.5. The lowest BCUT2D eigenvalue weighted by molar-refractivity contribution is 0.178. The third kappa shape index (κ3) is 3.82. The van der Waals surface area contributed by atoms with E-state index in [2.05, 4.69) is 28.7 Å². The van der Waals surface area contributed by atoms with Gasteiger partial charge >= 0.3 is 0 Å². The fraction of sp³-hybridized carbons (Fsp3) is 0.733. The van der Waals surface area contributed by atoms with Crippen LogP contribution in [0.4, 0.5) is 11.6 Å². The molecular formula is C15H26N4O. The molecule has 1 aromatic heterocycles. The molecule has 0 aliphatic carbocycles. The van der Waals surface area contributed by atoms with Crippen molar-refractivity contribution in [3.63, 3.8) is 0 Å². The first-order chi connectivity index (χ1) is 9.60. The Kier molecular flexibility index (Phi) is 5.17. The summed E-state index contributed by atoms with van der Waals surface area (Å²) < 4.78 is 5.10. The molecule has 1 aliphatic heterocycles. The number of nitrogen functional groups attached to an aromatic ring is 1. The van der Waals surface area contributed by atoms with Crippen LogP contribution in [0.5, 0.6) is 0 Å². The fourth-order valence-corrected chi connectivity index (χ4v) is 2.88. The highest BCUT2D eigenvalue weighted by Gasteiger charge is 2.20. The normalized spacial score (nSPS) is 20.2. The number of anilines is 2. The maximum absolute atomic E-state index is 5.88. The number of nitrogens with two attached hydrogens (primary N) is 1. The molecule has 1 aliphatic rings. The summed E-state index contributed by atoms with van der Waals surface area (Å²) in [6, 6.07) is 1.87. The first-order valence-electron chi connectivity index (χ1n) is 7.47. The van der Waals surface area contributed by atoms with Gasteiger partial charge in [-0.15, -0.1) is 0 Å². The summed E-state index contributed by atoms with van der Waals surface area (Å²) in [7, 11) is 1.64. The highest BCUT2D eigenvalue weighted by molar-refractivity contribution is 5.47. The molecule has 2 heterocycles. The Hall–Kier alpha value is -1.36. The SMILES string of the molecule is COCc1nc(N)cc(N2CCCC(C(C)C)CC2)n1. The molecule has 0 amide bonds. The quantitative estimate of drug-likeness (QED) is 0.916. The summed E-state index contributed by atoms with van der Waals surface area (Å²) in [5, 5.41) is 0. The maximum Gasteiger partial charge on any atom is 0.158 e. The van der Waals surface area contributed by atoms with E-state index in [-0.39, 0.29) is 0 Å². The van der Waals surface area contributed by atoms with E-state index < -0.39 is 0 Å². The Morgan fingerprint density at radius 2 is 2.15 bits per heavy atom. The second-order valence-corrected chi connectivity index (χ2v) is 5.92. The van der Waals surface area contributed by atoms with Crippen molar-refractivity contribution in [2.75, 3.05) is 30.8 Å². The standard InChI is InChI=1S/C15H26N4O/c1-11(2)12-5-4-7-19(8-6-12)15-9-13(16)17-14(18-15)10-20-3/h9,11-12H,4-8,10H2,1-3H3,(H2,16,17,18). The van der Waals surface area contributed by atoms with Crippen LogP contribution < -0.4 is 10.6 Å². The molecule has 1 unspecified atom stereocenters. The van der Waals surface area contributed by atoms with Crippen LogP contribution in [0.1, 0.15) is 38.9 Å². The van der Waals surface area contributed by atoms with E-state index in [4.69, 9.17) is 10.5 Å². The predicted molar refractivity (Wildman–Crippen MR) is 81.5 cm³/mol. The molecule has 0 bridgehead atoms. The van der Waals surface area contributed by atoms with Gasteiger partial charge in [0.15, 0.2) is 5.82 Å². The Morgan fingerprint density at radius 1 is 1.35 bits per heavy atom. The summed E-state index contributed by atoms with van der Waals surface area (Å²) in [6.07, 6.45) is 3.74. The van der Waals surface area contributed by atoms with Gasteiger partial charge in [0.2, 0.25) is 0 Å². The molecule has 0 radical (unpaired) electrons. The molecule has 0 saturated carbocycles. The van der Waals surface area contributed by atoms with Crippen molar-refractivity contribution in [3.05, 3.63) is 11.9 Å². The molecule has 1 fully saturated rings. The number of nitrogens with zero attached hydrogens (tertiary/aromatic N) is 3. The lowest BCUT2D eigenvalue weighted by Crippen LogP contribution is -2.26. The van der Waals surface area contributed by atoms with Gasteiger partial charge in [0, 0.05) is 26.3 Å². The second-order valence-electron chi connectivity index (χ2n) is 5.92. The van der Waals surface area contributed by atoms with Crippen molar-refractivity contribution >= 4 is 11.6 Å². The van der Waals surface area contributed by atoms with Crippen LogP contribution in [-0.4, -0.2) is 30.2 Å². The van der Waals surface area contributed by atoms with Crippen molar-refractivity contribution < 1.29 is 4.74 Å². The van der Waals surface area contributed by atoms with E-state index in [1.54, 1.807) is 7.11 Å². The van der Waals surface area contributed by atoms with Gasteiger partial charge in [0.1, 0.15) is 18.2 Å². The summed E-state index contributed by atoms with van der Waals surface area (Å²) in [6.45, 7) is 7.14. The first-order valence-corrected chi connectivity index (χ1v) is 7.47. The van der Waals surface area contributed by atoms with Crippen LogP contribution in [0.3, 0.4) is 0 Å². The monoisotopic (exact) mass is 278 g/mol. The van der Waals surface area contributed by atoms with E-state index in [0.717, 1.165) is 30.7 Å². The van der Waals surface area contributed by atoms with Crippen LogP contribution in [0, 0.1) is 11.8 Å². The van der Waals surface area contributed by atoms with Gasteiger partial charge in [-0.2, -0.15) is 0 Å². The van der Waals surface area contributed by atoms with Crippen LogP contribution in [0.25, 0.3) is 0 Å². The number of methoxy groups -OCH3 is 1. The number of hydrogen-bond acceptors (Lipinski definition) is 5. The molecule has 2 N–H and O–H groups in total.